The molecular formula is C26H30ClN7O2. The van der Waals surface area contributed by atoms with E-state index in [9.17, 15) is 9.90 Å². The Kier molecular flexibility index (Phi) is 7.36. The largest absolute Gasteiger partial charge is 0.507 e. The maximum atomic E-state index is 12.7. The molecule has 3 N–H and O–H groups in total. The molecule has 0 saturated carbocycles. The lowest BCUT2D eigenvalue weighted by molar-refractivity contribution is 0.102. The van der Waals surface area contributed by atoms with Crippen molar-refractivity contribution < 1.29 is 9.90 Å². The number of carbonyl (C=O) groups is 1. The van der Waals surface area contributed by atoms with Crippen molar-refractivity contribution in [1.29, 1.82) is 0 Å². The van der Waals surface area contributed by atoms with Gasteiger partial charge in [-0.25, -0.2) is 0 Å². The normalized spacial score (nSPS) is 16.0. The van der Waals surface area contributed by atoms with Gasteiger partial charge in [-0.05, 0) is 74.9 Å². The van der Waals surface area contributed by atoms with Gasteiger partial charge in [0, 0.05) is 48.6 Å². The smallest absolute Gasteiger partial charge is 0.259 e. The predicted molar refractivity (Wildman–Crippen MR) is 143 cm³/mol. The first-order valence-electron chi connectivity index (χ1n) is 12.5. The molecule has 9 nitrogen and oxygen atoms in total. The maximum Gasteiger partial charge on any atom is 0.259 e. The molecule has 0 atom stereocenters. The number of hydrogen-bond acceptors (Lipinski definition) is 8. The minimum Gasteiger partial charge on any atom is -0.507 e. The van der Waals surface area contributed by atoms with Gasteiger partial charge in [0.15, 0.2) is 0 Å². The summed E-state index contributed by atoms with van der Waals surface area (Å²) in [7, 11) is 0. The Morgan fingerprint density at radius 3 is 1.89 bits per heavy atom. The van der Waals surface area contributed by atoms with E-state index in [4.69, 9.17) is 26.6 Å². The lowest BCUT2D eigenvalue weighted by Crippen LogP contribution is -2.34. The second kappa shape index (κ2) is 11.0. The van der Waals surface area contributed by atoms with Crippen LogP contribution in [0, 0.1) is 0 Å². The van der Waals surface area contributed by atoms with Crippen molar-refractivity contribution in [2.24, 2.45) is 0 Å². The Bertz CT molecular complexity index is 1170. The first kappa shape index (κ1) is 24.1. The molecule has 3 heterocycles. The second-order valence-corrected chi connectivity index (χ2v) is 9.61. The third-order valence-corrected chi connectivity index (χ3v) is 6.74. The summed E-state index contributed by atoms with van der Waals surface area (Å²) >= 11 is 5.90. The molecule has 2 aliphatic heterocycles. The van der Waals surface area contributed by atoms with E-state index in [-0.39, 0.29) is 11.3 Å². The number of nitrogens with zero attached hydrogens (tertiary/aromatic N) is 5. The third kappa shape index (κ3) is 5.79. The first-order chi connectivity index (χ1) is 17.5. The SMILES string of the molecule is O=C(Nc1ccc(Cl)cc1)c1ccc(Nc2nc(N3CCCCC3)nc(N3CCCCC3)n2)cc1O. The van der Waals surface area contributed by atoms with E-state index in [1.54, 1.807) is 36.4 Å². The predicted octanol–water partition coefficient (Wildman–Crippen LogP) is 5.21. The fourth-order valence-electron chi connectivity index (χ4n) is 4.54. The number of hydrogen-bond donors (Lipinski definition) is 3. The standard InChI is InChI=1S/C26H30ClN7O2/c27-18-7-9-19(10-8-18)28-23(36)21-12-11-20(17-22(21)35)29-24-30-25(33-13-3-1-4-14-33)32-26(31-24)34-15-5-2-6-16-34/h7-12,17,35H,1-6,13-16H2,(H,28,36)(H,29,30,31,32). The molecule has 2 aromatic carbocycles. The maximum absolute atomic E-state index is 12.7. The molecule has 5 rings (SSSR count). The topological polar surface area (TPSA) is 107 Å². The summed E-state index contributed by atoms with van der Waals surface area (Å²) in [5.74, 6) is 1.21. The summed E-state index contributed by atoms with van der Waals surface area (Å²) in [6, 6.07) is 11.6. The van der Waals surface area contributed by atoms with Crippen molar-refractivity contribution in [3.05, 3.63) is 53.1 Å². The monoisotopic (exact) mass is 507 g/mol. The molecule has 0 bridgehead atoms. The number of amides is 1. The van der Waals surface area contributed by atoms with Crippen LogP contribution in [0.15, 0.2) is 42.5 Å². The van der Waals surface area contributed by atoms with Crippen LogP contribution in [-0.4, -0.2) is 52.1 Å². The van der Waals surface area contributed by atoms with E-state index in [0.717, 1.165) is 51.9 Å². The number of piperidine rings is 2. The van der Waals surface area contributed by atoms with Crippen LogP contribution in [0.1, 0.15) is 48.9 Å². The molecule has 188 valence electrons. The molecule has 3 aromatic rings. The number of phenolic OH excluding ortho intramolecular Hbond substituents is 1. The average molecular weight is 508 g/mol. The Morgan fingerprint density at radius 1 is 0.778 bits per heavy atom. The molecule has 0 spiro atoms. The molecule has 2 fully saturated rings. The number of nitrogens with one attached hydrogen (secondary N) is 2. The molecule has 10 heteroatoms. The van der Waals surface area contributed by atoms with E-state index >= 15 is 0 Å². The van der Waals surface area contributed by atoms with Gasteiger partial charge in [-0.15, -0.1) is 0 Å². The Hall–Kier alpha value is -3.59. The zero-order valence-corrected chi connectivity index (χ0v) is 20.8. The Labute approximate surface area is 215 Å². The molecule has 2 aliphatic rings. The van der Waals surface area contributed by atoms with E-state index in [2.05, 4.69) is 20.4 Å². The van der Waals surface area contributed by atoms with Crippen molar-refractivity contribution in [2.75, 3.05) is 46.6 Å². The van der Waals surface area contributed by atoms with Gasteiger partial charge in [0.05, 0.1) is 5.56 Å². The van der Waals surface area contributed by atoms with Gasteiger partial charge in [-0.1, -0.05) is 11.6 Å². The van der Waals surface area contributed by atoms with Crippen LogP contribution in [0.4, 0.5) is 29.2 Å². The number of anilines is 5. The molecule has 0 radical (unpaired) electrons. The van der Waals surface area contributed by atoms with Crippen LogP contribution in [0.3, 0.4) is 0 Å². The van der Waals surface area contributed by atoms with Gasteiger partial charge in [0.1, 0.15) is 5.75 Å². The van der Waals surface area contributed by atoms with Crippen molar-refractivity contribution in [1.82, 2.24) is 15.0 Å². The quantitative estimate of drug-likeness (QED) is 0.417. The third-order valence-electron chi connectivity index (χ3n) is 6.49. The highest BCUT2D eigenvalue weighted by molar-refractivity contribution is 6.30. The van der Waals surface area contributed by atoms with Crippen LogP contribution in [0.5, 0.6) is 5.75 Å². The van der Waals surface area contributed by atoms with Crippen molar-refractivity contribution in [3.63, 3.8) is 0 Å². The summed E-state index contributed by atoms with van der Waals surface area (Å²) in [5, 5.41) is 17.1. The fraction of sp³-hybridized carbons (Fsp3) is 0.385. The van der Waals surface area contributed by atoms with Crippen molar-refractivity contribution in [3.8, 4) is 5.75 Å². The average Bonchev–Trinajstić information content (AvgIpc) is 2.91. The van der Waals surface area contributed by atoms with Crippen LogP contribution in [0.2, 0.25) is 5.02 Å². The van der Waals surface area contributed by atoms with Crippen LogP contribution in [-0.2, 0) is 0 Å². The van der Waals surface area contributed by atoms with Gasteiger partial charge >= 0.3 is 0 Å². The minimum absolute atomic E-state index is 0.145. The number of benzene rings is 2. The van der Waals surface area contributed by atoms with Crippen LogP contribution >= 0.6 is 11.6 Å². The summed E-state index contributed by atoms with van der Waals surface area (Å²) < 4.78 is 0. The van der Waals surface area contributed by atoms with E-state index in [0.29, 0.717) is 34.2 Å². The number of rotatable bonds is 6. The molecule has 0 unspecified atom stereocenters. The van der Waals surface area contributed by atoms with Gasteiger partial charge < -0.3 is 25.5 Å². The first-order valence-corrected chi connectivity index (χ1v) is 12.9. The molecule has 1 amide bonds. The zero-order valence-electron chi connectivity index (χ0n) is 20.1. The molecule has 1 aromatic heterocycles. The van der Waals surface area contributed by atoms with Crippen molar-refractivity contribution >= 4 is 46.7 Å². The number of carbonyl (C=O) groups excluding carboxylic acids is 1. The van der Waals surface area contributed by atoms with Gasteiger partial charge in [0.2, 0.25) is 17.8 Å². The molecule has 2 saturated heterocycles. The van der Waals surface area contributed by atoms with Gasteiger partial charge in [-0.2, -0.15) is 15.0 Å². The van der Waals surface area contributed by atoms with Gasteiger partial charge in [0.25, 0.3) is 5.91 Å². The Balaban J connectivity index is 1.36. The van der Waals surface area contributed by atoms with Crippen molar-refractivity contribution in [2.45, 2.75) is 38.5 Å². The van der Waals surface area contributed by atoms with Gasteiger partial charge in [-0.3, -0.25) is 4.79 Å². The number of aromatic hydroxyl groups is 1. The lowest BCUT2D eigenvalue weighted by Gasteiger charge is -2.30. The summed E-state index contributed by atoms with van der Waals surface area (Å²) in [4.78, 5) is 31.3. The summed E-state index contributed by atoms with van der Waals surface area (Å²) in [6.45, 7) is 3.73. The number of aromatic nitrogens is 3. The summed E-state index contributed by atoms with van der Waals surface area (Å²) in [5.41, 5.74) is 1.33. The Morgan fingerprint density at radius 2 is 1.33 bits per heavy atom. The summed E-state index contributed by atoms with van der Waals surface area (Å²) in [6.07, 6.45) is 6.95. The molecular weight excluding hydrogens is 478 g/mol. The fourth-order valence-corrected chi connectivity index (χ4v) is 4.67. The second-order valence-electron chi connectivity index (χ2n) is 9.17. The minimum atomic E-state index is -0.415. The number of halogens is 1. The number of phenols is 1. The van der Waals surface area contributed by atoms with E-state index in [1.165, 1.54) is 18.9 Å². The highest BCUT2D eigenvalue weighted by Gasteiger charge is 2.21. The lowest BCUT2D eigenvalue weighted by atomic mass is 10.1. The van der Waals surface area contributed by atoms with E-state index < -0.39 is 5.91 Å². The highest BCUT2D eigenvalue weighted by Crippen LogP contribution is 2.27. The molecule has 0 aliphatic carbocycles. The zero-order chi connectivity index (χ0) is 24.9. The van der Waals surface area contributed by atoms with Crippen LogP contribution < -0.4 is 20.4 Å². The van der Waals surface area contributed by atoms with Crippen LogP contribution in [0.25, 0.3) is 0 Å². The van der Waals surface area contributed by atoms with E-state index in [1.807, 2.05) is 0 Å². The highest BCUT2D eigenvalue weighted by atomic mass is 35.5. The molecule has 36 heavy (non-hydrogen) atoms.